The summed E-state index contributed by atoms with van der Waals surface area (Å²) in [4.78, 5) is 56.0. The number of fused-ring (bicyclic) bond motifs is 6. The van der Waals surface area contributed by atoms with E-state index in [1.54, 1.807) is 24.8 Å². The monoisotopic (exact) mass is 782 g/mol. The molecule has 0 bridgehead atoms. The molecule has 0 saturated carbocycles. The fourth-order valence-electron chi connectivity index (χ4n) is 4.11. The van der Waals surface area contributed by atoms with Crippen molar-refractivity contribution in [2.45, 2.75) is 38.5 Å². The molecule has 0 saturated heterocycles. The fraction of sp³-hybridized carbons (Fsp3) is 0.176. The van der Waals surface area contributed by atoms with Crippen molar-refractivity contribution in [3.63, 3.8) is 0 Å². The van der Waals surface area contributed by atoms with Crippen LogP contribution in [-0.2, 0) is 53.3 Å². The molecule has 0 aliphatic heterocycles. The molecule has 0 aliphatic rings. The minimum atomic E-state index is -1.23. The molecule has 14 nitrogen and oxygen atoms in total. The normalized spacial score (nSPS) is 9.28. The average molecular weight is 784 g/mol. The molecule has 0 spiro atoms. The number of aliphatic carboxylic acids is 4. The summed E-state index contributed by atoms with van der Waals surface area (Å²) in [6.45, 7) is 0. The Morgan fingerprint density at radius 2 is 0.600 bits per heavy atom. The number of hydrogen-bond acceptors (Lipinski definition) is 12. The van der Waals surface area contributed by atoms with Gasteiger partial charge in [0, 0.05) is 70.2 Å². The predicted octanol–water partition coefficient (Wildman–Crippen LogP) is -0.775. The third kappa shape index (κ3) is 15.9. The molecule has 6 aromatic rings. The molecular formula is C34H32Cu2N4O10. The van der Waals surface area contributed by atoms with Gasteiger partial charge in [-0.1, -0.05) is 48.5 Å². The number of carbonyl (C=O) groups excluding carboxylic acids is 4. The third-order valence-electron chi connectivity index (χ3n) is 6.21. The van der Waals surface area contributed by atoms with Crippen LogP contribution in [0.2, 0.25) is 0 Å². The minimum Gasteiger partial charge on any atom is -0.550 e. The van der Waals surface area contributed by atoms with Gasteiger partial charge < -0.3 is 50.6 Å². The maximum Gasteiger partial charge on any atom is 2.00 e. The van der Waals surface area contributed by atoms with Crippen LogP contribution in [0.15, 0.2) is 97.6 Å². The van der Waals surface area contributed by atoms with E-state index in [1.165, 1.54) is 0 Å². The molecule has 2 radical (unpaired) electrons. The van der Waals surface area contributed by atoms with E-state index in [9.17, 15) is 39.6 Å². The summed E-state index contributed by atoms with van der Waals surface area (Å²) in [5.41, 5.74) is 3.91. The molecule has 4 aromatic heterocycles. The van der Waals surface area contributed by atoms with Crippen molar-refractivity contribution in [3.05, 3.63) is 97.6 Å². The molecule has 0 unspecified atom stereocenters. The largest absolute Gasteiger partial charge is 2.00 e. The van der Waals surface area contributed by atoms with Gasteiger partial charge in [-0.15, -0.1) is 0 Å². The Balaban J connectivity index is 0. The first kappa shape index (κ1) is 47.0. The first-order chi connectivity index (χ1) is 22.2. The van der Waals surface area contributed by atoms with Gasteiger partial charge in [-0.25, -0.2) is 0 Å². The molecular weight excluding hydrogens is 751 g/mol. The molecule has 16 heteroatoms. The number of pyridine rings is 4. The van der Waals surface area contributed by atoms with E-state index >= 15 is 0 Å². The van der Waals surface area contributed by atoms with Crippen molar-refractivity contribution in [3.8, 4) is 0 Å². The summed E-state index contributed by atoms with van der Waals surface area (Å²) in [5.74, 6) is -4.90. The van der Waals surface area contributed by atoms with E-state index in [4.69, 9.17) is 0 Å². The number of nitrogens with zero attached hydrogens (tertiary/aromatic N) is 4. The van der Waals surface area contributed by atoms with Crippen molar-refractivity contribution in [2.75, 3.05) is 0 Å². The Bertz CT molecular complexity index is 1690. The SMILES string of the molecule is O.O.O=C([O-])CCCC(=O)[O-].O=C([O-])CCCC(=O)[O-].[Cu+2].[Cu+2].c1cnc2c(c1)ccc1cccnc12.c1cnc2c(c1)ccc1cccnc12. The van der Waals surface area contributed by atoms with Crippen LogP contribution in [0.3, 0.4) is 0 Å². The van der Waals surface area contributed by atoms with E-state index < -0.39 is 23.9 Å². The van der Waals surface area contributed by atoms with Crippen LogP contribution in [0.4, 0.5) is 0 Å². The summed E-state index contributed by atoms with van der Waals surface area (Å²) in [7, 11) is 0. The van der Waals surface area contributed by atoms with Crippen LogP contribution in [0.25, 0.3) is 43.6 Å². The van der Waals surface area contributed by atoms with Gasteiger partial charge in [0.15, 0.2) is 0 Å². The summed E-state index contributed by atoms with van der Waals surface area (Å²) < 4.78 is 0. The summed E-state index contributed by atoms with van der Waals surface area (Å²) in [5, 5.41) is 43.2. The number of benzene rings is 2. The van der Waals surface area contributed by atoms with Crippen molar-refractivity contribution in [1.82, 2.24) is 19.9 Å². The first-order valence-electron chi connectivity index (χ1n) is 14.1. The molecule has 0 amide bonds. The number of hydrogen-bond donors (Lipinski definition) is 0. The molecule has 0 aliphatic carbocycles. The molecule has 50 heavy (non-hydrogen) atoms. The quantitative estimate of drug-likeness (QED) is 0.136. The van der Waals surface area contributed by atoms with Gasteiger partial charge in [-0.2, -0.15) is 0 Å². The average Bonchev–Trinajstić information content (AvgIpc) is 3.05. The number of aromatic nitrogens is 4. The van der Waals surface area contributed by atoms with Gasteiger partial charge in [0.1, 0.15) is 0 Å². The molecule has 4 heterocycles. The first-order valence-corrected chi connectivity index (χ1v) is 14.1. The second-order valence-corrected chi connectivity index (χ2v) is 9.63. The Morgan fingerprint density at radius 1 is 0.400 bits per heavy atom. The summed E-state index contributed by atoms with van der Waals surface area (Å²) in [6.07, 6.45) is 6.53. The molecule has 0 fully saturated rings. The van der Waals surface area contributed by atoms with Crippen LogP contribution in [0, 0.1) is 0 Å². The third-order valence-corrected chi connectivity index (χ3v) is 6.21. The second kappa shape index (κ2) is 25.0. The predicted molar refractivity (Wildman–Crippen MR) is 169 cm³/mol. The van der Waals surface area contributed by atoms with Crippen molar-refractivity contribution < 1.29 is 84.7 Å². The molecule has 6 rings (SSSR count). The minimum absolute atomic E-state index is 0. The van der Waals surface area contributed by atoms with E-state index in [-0.39, 0.29) is 83.6 Å². The maximum absolute atomic E-state index is 9.66. The Morgan fingerprint density at radius 3 is 0.780 bits per heavy atom. The van der Waals surface area contributed by atoms with Crippen LogP contribution < -0.4 is 20.4 Å². The van der Waals surface area contributed by atoms with Gasteiger partial charge in [0.2, 0.25) is 0 Å². The zero-order valence-electron chi connectivity index (χ0n) is 26.1. The number of rotatable bonds is 8. The van der Waals surface area contributed by atoms with E-state index in [1.807, 2.05) is 24.3 Å². The molecule has 270 valence electrons. The van der Waals surface area contributed by atoms with Gasteiger partial charge in [0.25, 0.3) is 0 Å². The van der Waals surface area contributed by atoms with Crippen LogP contribution >= 0.6 is 0 Å². The van der Waals surface area contributed by atoms with Crippen LogP contribution in [0.5, 0.6) is 0 Å². The van der Waals surface area contributed by atoms with Crippen LogP contribution in [0.1, 0.15) is 38.5 Å². The number of carbonyl (C=O) groups is 4. The van der Waals surface area contributed by atoms with Crippen molar-refractivity contribution in [1.29, 1.82) is 0 Å². The Kier molecular flexibility index (Phi) is 23.5. The van der Waals surface area contributed by atoms with E-state index in [0.717, 1.165) is 43.6 Å². The van der Waals surface area contributed by atoms with Gasteiger partial charge in [-0.05, 0) is 62.8 Å². The molecule has 0 atom stereocenters. The number of carboxylic acid groups (broad SMARTS) is 4. The Hall–Kier alpha value is -5.08. The smallest absolute Gasteiger partial charge is 0.550 e. The van der Waals surface area contributed by atoms with Crippen LogP contribution in [-0.4, -0.2) is 54.8 Å². The molecule has 4 N–H and O–H groups in total. The summed E-state index contributed by atoms with van der Waals surface area (Å²) >= 11 is 0. The van der Waals surface area contributed by atoms with Crippen molar-refractivity contribution in [2.24, 2.45) is 0 Å². The van der Waals surface area contributed by atoms with E-state index in [2.05, 4.69) is 68.5 Å². The van der Waals surface area contributed by atoms with E-state index in [0.29, 0.717) is 0 Å². The fourth-order valence-corrected chi connectivity index (χ4v) is 4.11. The second-order valence-electron chi connectivity index (χ2n) is 9.63. The number of carboxylic acids is 4. The standard InChI is InChI=1S/2C12H8N2.2C5H8O4.2Cu.2H2O/c2*1-3-9-5-6-10-4-2-8-14-12(10)11(9)13-7-1;2*6-4(7)2-1-3-5(8)9;;;;/h2*1-8H;2*1-3H2,(H,6,7)(H,8,9);;;2*1H2/q;;;;2*+2;;/p-4. The van der Waals surface area contributed by atoms with Crippen molar-refractivity contribution >= 4 is 67.5 Å². The van der Waals surface area contributed by atoms with Gasteiger partial charge in [-0.3, -0.25) is 19.9 Å². The molecule has 2 aromatic carbocycles. The Labute approximate surface area is 307 Å². The van der Waals surface area contributed by atoms with Gasteiger partial charge >= 0.3 is 34.1 Å². The zero-order valence-corrected chi connectivity index (χ0v) is 28.0. The summed E-state index contributed by atoms with van der Waals surface area (Å²) in [6, 6.07) is 24.3. The topological polar surface area (TPSA) is 275 Å². The maximum atomic E-state index is 9.66. The zero-order chi connectivity index (χ0) is 33.3. The van der Waals surface area contributed by atoms with Gasteiger partial charge in [0.05, 0.1) is 22.1 Å².